The van der Waals surface area contributed by atoms with Crippen molar-refractivity contribution in [2.75, 3.05) is 13.7 Å². The molecule has 2 aromatic rings. The molecular formula is C14H19N3O. The lowest BCUT2D eigenvalue weighted by Gasteiger charge is -2.06. The molecule has 4 heteroatoms. The molecule has 0 aliphatic rings. The van der Waals surface area contributed by atoms with Crippen LogP contribution < -0.4 is 10.1 Å². The van der Waals surface area contributed by atoms with Gasteiger partial charge in [-0.05, 0) is 30.7 Å². The van der Waals surface area contributed by atoms with E-state index in [-0.39, 0.29) is 0 Å². The third-order valence-electron chi connectivity index (χ3n) is 2.95. The summed E-state index contributed by atoms with van der Waals surface area (Å²) < 4.78 is 7.23. The van der Waals surface area contributed by atoms with Gasteiger partial charge < -0.3 is 14.6 Å². The third-order valence-corrected chi connectivity index (χ3v) is 2.95. The second-order valence-electron chi connectivity index (χ2n) is 4.27. The topological polar surface area (TPSA) is 39.1 Å². The Balaban J connectivity index is 1.76. The van der Waals surface area contributed by atoms with Crippen LogP contribution in [0.1, 0.15) is 11.3 Å². The number of aromatic nitrogens is 2. The number of methoxy groups -OCH3 is 1. The smallest absolute Gasteiger partial charge is 0.119 e. The summed E-state index contributed by atoms with van der Waals surface area (Å²) in [4.78, 5) is 4.09. The zero-order valence-electron chi connectivity index (χ0n) is 10.9. The fourth-order valence-electron chi connectivity index (χ4n) is 1.83. The highest BCUT2D eigenvalue weighted by molar-refractivity contribution is 5.28. The van der Waals surface area contributed by atoms with E-state index in [1.54, 1.807) is 7.11 Å². The van der Waals surface area contributed by atoms with Crippen molar-refractivity contribution in [2.45, 2.75) is 13.0 Å². The lowest BCUT2D eigenvalue weighted by molar-refractivity contribution is 0.414. The first-order valence-electron chi connectivity index (χ1n) is 6.08. The van der Waals surface area contributed by atoms with Crippen LogP contribution in [0.5, 0.6) is 5.75 Å². The van der Waals surface area contributed by atoms with Crippen molar-refractivity contribution >= 4 is 0 Å². The highest BCUT2D eigenvalue weighted by Crippen LogP contribution is 2.12. The number of aryl methyl sites for hydroxylation is 1. The average Bonchev–Trinajstić information content (AvgIpc) is 2.81. The number of nitrogens with one attached hydrogen (secondary N) is 1. The SMILES string of the molecule is COc1cccc(CCNCc2cncn2C)c1. The maximum absolute atomic E-state index is 5.20. The maximum atomic E-state index is 5.20. The van der Waals surface area contributed by atoms with Crippen LogP contribution >= 0.6 is 0 Å². The molecule has 0 aliphatic carbocycles. The Bertz CT molecular complexity index is 493. The number of hydrogen-bond donors (Lipinski definition) is 1. The summed E-state index contributed by atoms with van der Waals surface area (Å²) in [6, 6.07) is 8.18. The van der Waals surface area contributed by atoms with Crippen molar-refractivity contribution in [1.29, 1.82) is 0 Å². The largest absolute Gasteiger partial charge is 0.497 e. The Morgan fingerprint density at radius 3 is 3.00 bits per heavy atom. The zero-order chi connectivity index (χ0) is 12.8. The van der Waals surface area contributed by atoms with Gasteiger partial charge in [-0.25, -0.2) is 4.98 Å². The normalized spacial score (nSPS) is 10.6. The summed E-state index contributed by atoms with van der Waals surface area (Å²) in [6.07, 6.45) is 4.70. The van der Waals surface area contributed by atoms with Crippen LogP contribution in [-0.4, -0.2) is 23.2 Å². The Labute approximate surface area is 108 Å². The standard InChI is InChI=1S/C14H19N3O/c1-17-11-16-10-13(17)9-15-7-6-12-4-3-5-14(8-12)18-2/h3-5,8,10-11,15H,6-7,9H2,1-2H3. The van der Waals surface area contributed by atoms with Gasteiger partial charge in [-0.2, -0.15) is 0 Å². The first kappa shape index (κ1) is 12.6. The molecule has 1 N–H and O–H groups in total. The van der Waals surface area contributed by atoms with E-state index in [1.807, 2.05) is 36.3 Å². The lowest BCUT2D eigenvalue weighted by Crippen LogP contribution is -2.18. The molecule has 0 radical (unpaired) electrons. The Morgan fingerprint density at radius 2 is 2.28 bits per heavy atom. The highest BCUT2D eigenvalue weighted by Gasteiger charge is 1.98. The van der Waals surface area contributed by atoms with E-state index < -0.39 is 0 Å². The molecule has 0 bridgehead atoms. The molecular weight excluding hydrogens is 226 g/mol. The van der Waals surface area contributed by atoms with Gasteiger partial charge in [0.15, 0.2) is 0 Å². The van der Waals surface area contributed by atoms with E-state index in [9.17, 15) is 0 Å². The van der Waals surface area contributed by atoms with Crippen molar-refractivity contribution in [3.05, 3.63) is 48.0 Å². The molecule has 2 rings (SSSR count). The van der Waals surface area contributed by atoms with E-state index in [1.165, 1.54) is 11.3 Å². The van der Waals surface area contributed by atoms with Crippen molar-refractivity contribution in [3.8, 4) is 5.75 Å². The highest BCUT2D eigenvalue weighted by atomic mass is 16.5. The quantitative estimate of drug-likeness (QED) is 0.788. The molecule has 0 unspecified atom stereocenters. The summed E-state index contributed by atoms with van der Waals surface area (Å²) in [7, 11) is 3.70. The Morgan fingerprint density at radius 1 is 1.39 bits per heavy atom. The molecule has 1 aromatic heterocycles. The van der Waals surface area contributed by atoms with Crippen LogP contribution in [0, 0.1) is 0 Å². The fourth-order valence-corrected chi connectivity index (χ4v) is 1.83. The van der Waals surface area contributed by atoms with E-state index in [2.05, 4.69) is 22.4 Å². The van der Waals surface area contributed by atoms with Gasteiger partial charge in [-0.3, -0.25) is 0 Å². The first-order valence-corrected chi connectivity index (χ1v) is 6.08. The Hall–Kier alpha value is -1.81. The van der Waals surface area contributed by atoms with Gasteiger partial charge >= 0.3 is 0 Å². The van der Waals surface area contributed by atoms with Crippen molar-refractivity contribution in [1.82, 2.24) is 14.9 Å². The van der Waals surface area contributed by atoms with Gasteiger partial charge in [0, 0.05) is 19.8 Å². The molecule has 0 aliphatic heterocycles. The average molecular weight is 245 g/mol. The van der Waals surface area contributed by atoms with Crippen LogP contribution in [0.2, 0.25) is 0 Å². The van der Waals surface area contributed by atoms with Crippen LogP contribution in [0.4, 0.5) is 0 Å². The number of hydrogen-bond acceptors (Lipinski definition) is 3. The van der Waals surface area contributed by atoms with E-state index in [4.69, 9.17) is 4.74 Å². The maximum Gasteiger partial charge on any atom is 0.119 e. The van der Waals surface area contributed by atoms with Gasteiger partial charge in [-0.15, -0.1) is 0 Å². The molecule has 0 fully saturated rings. The lowest BCUT2D eigenvalue weighted by atomic mass is 10.1. The minimum atomic E-state index is 0.848. The minimum absolute atomic E-state index is 0.848. The van der Waals surface area contributed by atoms with Gasteiger partial charge in [0.25, 0.3) is 0 Å². The summed E-state index contributed by atoms with van der Waals surface area (Å²) >= 11 is 0. The summed E-state index contributed by atoms with van der Waals surface area (Å²) in [5.74, 6) is 0.916. The fraction of sp³-hybridized carbons (Fsp3) is 0.357. The van der Waals surface area contributed by atoms with Crippen molar-refractivity contribution in [3.63, 3.8) is 0 Å². The molecule has 0 atom stereocenters. The summed E-state index contributed by atoms with van der Waals surface area (Å²) in [6.45, 7) is 1.79. The monoisotopic (exact) mass is 245 g/mol. The predicted octanol–water partition coefficient (Wildman–Crippen LogP) is 1.76. The second kappa shape index (κ2) is 6.21. The molecule has 1 aromatic carbocycles. The molecule has 0 saturated heterocycles. The molecule has 0 spiro atoms. The predicted molar refractivity (Wildman–Crippen MR) is 71.6 cm³/mol. The summed E-state index contributed by atoms with van der Waals surface area (Å²) in [5, 5.41) is 3.41. The minimum Gasteiger partial charge on any atom is -0.497 e. The van der Waals surface area contributed by atoms with Gasteiger partial charge in [0.1, 0.15) is 5.75 Å². The van der Waals surface area contributed by atoms with Crippen molar-refractivity contribution < 1.29 is 4.74 Å². The number of nitrogens with zero attached hydrogens (tertiary/aromatic N) is 2. The number of rotatable bonds is 6. The molecule has 1 heterocycles. The van der Waals surface area contributed by atoms with Gasteiger partial charge in [0.05, 0.1) is 19.1 Å². The second-order valence-corrected chi connectivity index (χ2v) is 4.27. The molecule has 4 nitrogen and oxygen atoms in total. The molecule has 0 saturated carbocycles. The number of benzene rings is 1. The zero-order valence-corrected chi connectivity index (χ0v) is 10.9. The van der Waals surface area contributed by atoms with E-state index >= 15 is 0 Å². The molecule has 0 amide bonds. The van der Waals surface area contributed by atoms with E-state index in [0.717, 1.165) is 25.3 Å². The van der Waals surface area contributed by atoms with Crippen LogP contribution in [0.25, 0.3) is 0 Å². The summed E-state index contributed by atoms with van der Waals surface area (Å²) in [5.41, 5.74) is 2.48. The van der Waals surface area contributed by atoms with Crippen LogP contribution in [0.15, 0.2) is 36.8 Å². The third kappa shape index (κ3) is 3.34. The van der Waals surface area contributed by atoms with Crippen LogP contribution in [-0.2, 0) is 20.0 Å². The number of ether oxygens (including phenoxy) is 1. The molecule has 96 valence electrons. The van der Waals surface area contributed by atoms with Gasteiger partial charge in [-0.1, -0.05) is 12.1 Å². The van der Waals surface area contributed by atoms with Crippen molar-refractivity contribution in [2.24, 2.45) is 7.05 Å². The number of imidazole rings is 1. The first-order chi connectivity index (χ1) is 8.79. The van der Waals surface area contributed by atoms with Crippen LogP contribution in [0.3, 0.4) is 0 Å². The Kier molecular flexibility index (Phi) is 4.36. The van der Waals surface area contributed by atoms with Gasteiger partial charge in [0.2, 0.25) is 0 Å². The van der Waals surface area contributed by atoms with E-state index in [0.29, 0.717) is 0 Å². The molecule has 18 heavy (non-hydrogen) atoms.